The van der Waals surface area contributed by atoms with E-state index >= 15 is 0 Å². The maximum atomic E-state index is 12.4. The van der Waals surface area contributed by atoms with Crippen molar-refractivity contribution in [3.8, 4) is 0 Å². The minimum absolute atomic E-state index is 0.0992. The van der Waals surface area contributed by atoms with Crippen LogP contribution in [0.5, 0.6) is 0 Å². The molecule has 0 aliphatic heterocycles. The van der Waals surface area contributed by atoms with Gasteiger partial charge in [0, 0.05) is 10.7 Å². The van der Waals surface area contributed by atoms with E-state index in [2.05, 4.69) is 15.0 Å². The summed E-state index contributed by atoms with van der Waals surface area (Å²) in [6, 6.07) is 17.3. The first-order valence-corrected chi connectivity index (χ1v) is 9.37. The Morgan fingerprint density at radius 2 is 1.80 bits per heavy atom. The SMILES string of the molecule is Cc1ccccc1Nc1ccc(NS(=O)(=O)c2cccc(Cl)c2)cn1. The topological polar surface area (TPSA) is 71.1 Å². The molecule has 0 atom stereocenters. The minimum Gasteiger partial charge on any atom is -0.340 e. The molecule has 0 saturated heterocycles. The molecule has 0 amide bonds. The maximum absolute atomic E-state index is 12.4. The molecule has 0 bridgehead atoms. The molecule has 128 valence electrons. The van der Waals surface area contributed by atoms with E-state index in [1.807, 2.05) is 31.2 Å². The molecule has 2 aromatic carbocycles. The summed E-state index contributed by atoms with van der Waals surface area (Å²) in [6.07, 6.45) is 1.46. The van der Waals surface area contributed by atoms with Gasteiger partial charge < -0.3 is 5.32 Å². The molecule has 0 radical (unpaired) electrons. The second kappa shape index (κ2) is 7.13. The summed E-state index contributed by atoms with van der Waals surface area (Å²) in [5.41, 5.74) is 2.41. The quantitative estimate of drug-likeness (QED) is 0.686. The van der Waals surface area contributed by atoms with Gasteiger partial charge in [0.05, 0.1) is 16.8 Å². The van der Waals surface area contributed by atoms with Crippen LogP contribution in [0.3, 0.4) is 0 Å². The highest BCUT2D eigenvalue weighted by Crippen LogP contribution is 2.22. The largest absolute Gasteiger partial charge is 0.340 e. The summed E-state index contributed by atoms with van der Waals surface area (Å²) in [6.45, 7) is 2.00. The van der Waals surface area contributed by atoms with E-state index in [4.69, 9.17) is 11.6 Å². The molecule has 0 spiro atoms. The Morgan fingerprint density at radius 3 is 2.48 bits per heavy atom. The lowest BCUT2D eigenvalue weighted by atomic mass is 10.2. The van der Waals surface area contributed by atoms with E-state index in [9.17, 15) is 8.42 Å². The molecule has 3 aromatic rings. The van der Waals surface area contributed by atoms with Crippen LogP contribution in [0.2, 0.25) is 5.02 Å². The third-order valence-electron chi connectivity index (χ3n) is 3.53. The Morgan fingerprint density at radius 1 is 1.00 bits per heavy atom. The van der Waals surface area contributed by atoms with E-state index in [0.29, 0.717) is 16.5 Å². The molecule has 1 heterocycles. The van der Waals surface area contributed by atoms with Crippen LogP contribution >= 0.6 is 11.6 Å². The number of halogens is 1. The van der Waals surface area contributed by atoms with Crippen molar-refractivity contribution in [3.63, 3.8) is 0 Å². The highest BCUT2D eigenvalue weighted by Gasteiger charge is 2.14. The first-order valence-electron chi connectivity index (χ1n) is 7.51. The number of aryl methyl sites for hydroxylation is 1. The van der Waals surface area contributed by atoms with Gasteiger partial charge in [-0.15, -0.1) is 0 Å². The van der Waals surface area contributed by atoms with Crippen LogP contribution in [0.4, 0.5) is 17.2 Å². The van der Waals surface area contributed by atoms with Crippen LogP contribution in [-0.4, -0.2) is 13.4 Å². The van der Waals surface area contributed by atoms with Crippen LogP contribution in [0.1, 0.15) is 5.56 Å². The predicted molar refractivity (Wildman–Crippen MR) is 101 cm³/mol. The Hall–Kier alpha value is -2.57. The van der Waals surface area contributed by atoms with Crippen molar-refractivity contribution in [1.29, 1.82) is 0 Å². The van der Waals surface area contributed by atoms with Gasteiger partial charge in [-0.05, 0) is 48.9 Å². The number of rotatable bonds is 5. The lowest BCUT2D eigenvalue weighted by Gasteiger charge is -2.11. The van der Waals surface area contributed by atoms with Gasteiger partial charge in [-0.1, -0.05) is 35.9 Å². The summed E-state index contributed by atoms with van der Waals surface area (Å²) in [5, 5.41) is 3.56. The van der Waals surface area contributed by atoms with Crippen molar-refractivity contribution in [1.82, 2.24) is 4.98 Å². The fraction of sp³-hybridized carbons (Fsp3) is 0.0556. The number of anilines is 3. The summed E-state index contributed by atoms with van der Waals surface area (Å²) < 4.78 is 27.2. The number of pyridine rings is 1. The Balaban J connectivity index is 1.75. The average molecular weight is 374 g/mol. The molecule has 1 aromatic heterocycles. The van der Waals surface area contributed by atoms with Gasteiger partial charge in [-0.3, -0.25) is 4.72 Å². The smallest absolute Gasteiger partial charge is 0.261 e. The molecule has 2 N–H and O–H groups in total. The van der Waals surface area contributed by atoms with Crippen LogP contribution < -0.4 is 10.0 Å². The number of hydrogen-bond acceptors (Lipinski definition) is 4. The van der Waals surface area contributed by atoms with Gasteiger partial charge in [-0.2, -0.15) is 0 Å². The number of benzene rings is 2. The summed E-state index contributed by atoms with van der Waals surface area (Å²) >= 11 is 5.85. The normalized spacial score (nSPS) is 11.1. The molecule has 7 heteroatoms. The zero-order chi connectivity index (χ0) is 17.9. The van der Waals surface area contributed by atoms with Crippen molar-refractivity contribution in [3.05, 3.63) is 77.4 Å². The maximum Gasteiger partial charge on any atom is 0.261 e. The predicted octanol–water partition coefficient (Wildman–Crippen LogP) is 4.59. The number of aromatic nitrogens is 1. The van der Waals surface area contributed by atoms with Crippen LogP contribution in [0, 0.1) is 6.92 Å². The summed E-state index contributed by atoms with van der Waals surface area (Å²) in [5.74, 6) is 0.625. The number of nitrogens with zero attached hydrogens (tertiary/aromatic N) is 1. The van der Waals surface area contributed by atoms with E-state index in [1.54, 1.807) is 24.3 Å². The molecule has 25 heavy (non-hydrogen) atoms. The second-order valence-corrected chi connectivity index (χ2v) is 7.55. The van der Waals surface area contributed by atoms with Gasteiger partial charge in [0.25, 0.3) is 10.0 Å². The standard InChI is InChI=1S/C18H16ClN3O2S/c1-13-5-2-3-8-17(13)21-18-10-9-15(12-20-18)22-25(23,24)16-7-4-6-14(19)11-16/h2-12,22H,1H3,(H,20,21). The van der Waals surface area contributed by atoms with Gasteiger partial charge in [-0.25, -0.2) is 13.4 Å². The molecule has 5 nitrogen and oxygen atoms in total. The van der Waals surface area contributed by atoms with Gasteiger partial charge in [0.15, 0.2) is 0 Å². The number of hydrogen-bond donors (Lipinski definition) is 2. The van der Waals surface area contributed by atoms with E-state index in [-0.39, 0.29) is 4.90 Å². The van der Waals surface area contributed by atoms with Gasteiger partial charge in [0.1, 0.15) is 5.82 Å². The molecule has 0 saturated carbocycles. The van der Waals surface area contributed by atoms with Gasteiger partial charge >= 0.3 is 0 Å². The average Bonchev–Trinajstić information content (AvgIpc) is 2.58. The molecular formula is C18H16ClN3O2S. The zero-order valence-electron chi connectivity index (χ0n) is 13.4. The van der Waals surface area contributed by atoms with Crippen molar-refractivity contribution in [2.45, 2.75) is 11.8 Å². The second-order valence-electron chi connectivity index (χ2n) is 5.43. The highest BCUT2D eigenvalue weighted by molar-refractivity contribution is 7.92. The lowest BCUT2D eigenvalue weighted by molar-refractivity contribution is 0.601. The number of sulfonamides is 1. The Bertz CT molecular complexity index is 989. The molecule has 0 aliphatic rings. The van der Waals surface area contributed by atoms with Crippen LogP contribution in [0.25, 0.3) is 0 Å². The van der Waals surface area contributed by atoms with Crippen molar-refractivity contribution in [2.75, 3.05) is 10.0 Å². The number of para-hydroxylation sites is 1. The molecule has 3 rings (SSSR count). The Labute approximate surface area is 151 Å². The molecule has 0 aliphatic carbocycles. The first-order chi connectivity index (χ1) is 11.9. The van der Waals surface area contributed by atoms with Crippen molar-refractivity contribution >= 4 is 38.8 Å². The highest BCUT2D eigenvalue weighted by atomic mass is 35.5. The fourth-order valence-corrected chi connectivity index (χ4v) is 3.57. The van der Waals surface area contributed by atoms with Gasteiger partial charge in [0.2, 0.25) is 0 Å². The first kappa shape index (κ1) is 17.3. The summed E-state index contributed by atoms with van der Waals surface area (Å²) in [7, 11) is -3.71. The van der Waals surface area contributed by atoms with Crippen molar-refractivity contribution in [2.24, 2.45) is 0 Å². The lowest BCUT2D eigenvalue weighted by Crippen LogP contribution is -2.13. The van der Waals surface area contributed by atoms with Crippen LogP contribution in [0.15, 0.2) is 71.8 Å². The van der Waals surface area contributed by atoms with Crippen LogP contribution in [-0.2, 0) is 10.0 Å². The zero-order valence-corrected chi connectivity index (χ0v) is 15.0. The summed E-state index contributed by atoms with van der Waals surface area (Å²) in [4.78, 5) is 4.35. The minimum atomic E-state index is -3.71. The van der Waals surface area contributed by atoms with E-state index in [1.165, 1.54) is 18.3 Å². The molecule has 0 fully saturated rings. The fourth-order valence-electron chi connectivity index (χ4n) is 2.23. The Kier molecular flexibility index (Phi) is 4.92. The third kappa shape index (κ3) is 4.29. The number of nitrogens with one attached hydrogen (secondary N) is 2. The monoisotopic (exact) mass is 373 g/mol. The molecular weight excluding hydrogens is 358 g/mol. The van der Waals surface area contributed by atoms with E-state index < -0.39 is 10.0 Å². The van der Waals surface area contributed by atoms with Crippen molar-refractivity contribution < 1.29 is 8.42 Å². The van der Waals surface area contributed by atoms with E-state index in [0.717, 1.165) is 11.3 Å². The third-order valence-corrected chi connectivity index (χ3v) is 5.14. The molecule has 0 unspecified atom stereocenters.